The molecule has 18 heavy (non-hydrogen) atoms. The highest BCUT2D eigenvalue weighted by molar-refractivity contribution is 7.98. The maximum absolute atomic E-state index is 5.68. The molecule has 3 aromatic rings. The second-order valence-corrected chi connectivity index (χ2v) is 4.80. The first-order valence-electron chi connectivity index (χ1n) is 5.40. The molecule has 2 N–H and O–H groups in total. The SMILES string of the molecule is Cc1coc(SCc2nc3ccc(N)cc3o2)n1. The number of nitrogens with zero attached hydrogens (tertiary/aromatic N) is 2. The van der Waals surface area contributed by atoms with Crippen LogP contribution in [0.5, 0.6) is 0 Å². The summed E-state index contributed by atoms with van der Waals surface area (Å²) in [5.74, 6) is 1.21. The standard InChI is InChI=1S/C12H11N3O2S/c1-7-5-16-12(14-7)18-6-11-15-9-3-2-8(13)4-10(9)17-11/h2-5H,6,13H2,1H3. The van der Waals surface area contributed by atoms with Crippen molar-refractivity contribution in [3.05, 3.63) is 36.0 Å². The normalized spacial score (nSPS) is 11.2. The fraction of sp³-hybridized carbons (Fsp3) is 0.167. The lowest BCUT2D eigenvalue weighted by molar-refractivity contribution is 0.453. The van der Waals surface area contributed by atoms with Gasteiger partial charge < -0.3 is 14.6 Å². The molecule has 0 amide bonds. The molecule has 0 unspecified atom stereocenters. The molecule has 2 heterocycles. The van der Waals surface area contributed by atoms with E-state index < -0.39 is 0 Å². The Hall–Kier alpha value is -1.95. The van der Waals surface area contributed by atoms with E-state index >= 15 is 0 Å². The van der Waals surface area contributed by atoms with Gasteiger partial charge in [-0.1, -0.05) is 11.8 Å². The van der Waals surface area contributed by atoms with Gasteiger partial charge in [0.25, 0.3) is 5.22 Å². The second-order valence-electron chi connectivity index (χ2n) is 3.88. The lowest BCUT2D eigenvalue weighted by Gasteiger charge is -1.90. The number of hydrogen-bond donors (Lipinski definition) is 1. The van der Waals surface area contributed by atoms with Crippen molar-refractivity contribution in [1.29, 1.82) is 0 Å². The summed E-state index contributed by atoms with van der Waals surface area (Å²) in [4.78, 5) is 8.56. The summed E-state index contributed by atoms with van der Waals surface area (Å²) >= 11 is 1.45. The average molecular weight is 261 g/mol. The van der Waals surface area contributed by atoms with E-state index in [1.165, 1.54) is 11.8 Å². The Balaban J connectivity index is 1.78. The highest BCUT2D eigenvalue weighted by atomic mass is 32.2. The number of aromatic nitrogens is 2. The van der Waals surface area contributed by atoms with Gasteiger partial charge in [-0.05, 0) is 19.1 Å². The fourth-order valence-corrected chi connectivity index (χ4v) is 2.27. The van der Waals surface area contributed by atoms with Crippen LogP contribution in [0.25, 0.3) is 11.1 Å². The quantitative estimate of drug-likeness (QED) is 0.576. The first-order valence-corrected chi connectivity index (χ1v) is 6.39. The molecule has 0 aliphatic rings. The minimum atomic E-state index is 0.578. The van der Waals surface area contributed by atoms with E-state index in [4.69, 9.17) is 14.6 Å². The Kier molecular flexibility index (Phi) is 2.71. The molecule has 0 bridgehead atoms. The predicted molar refractivity (Wildman–Crippen MR) is 69.2 cm³/mol. The molecule has 6 heteroatoms. The van der Waals surface area contributed by atoms with Gasteiger partial charge >= 0.3 is 0 Å². The van der Waals surface area contributed by atoms with Gasteiger partial charge in [0.1, 0.15) is 11.8 Å². The van der Waals surface area contributed by atoms with Crippen molar-refractivity contribution in [2.75, 3.05) is 5.73 Å². The number of hydrogen-bond acceptors (Lipinski definition) is 6. The smallest absolute Gasteiger partial charge is 0.256 e. The topological polar surface area (TPSA) is 78.1 Å². The van der Waals surface area contributed by atoms with E-state index in [1.807, 2.05) is 13.0 Å². The highest BCUT2D eigenvalue weighted by Crippen LogP contribution is 2.24. The number of anilines is 1. The number of rotatable bonds is 3. The lowest BCUT2D eigenvalue weighted by Crippen LogP contribution is -1.81. The summed E-state index contributed by atoms with van der Waals surface area (Å²) in [6, 6.07) is 5.42. The van der Waals surface area contributed by atoms with Gasteiger partial charge in [-0.2, -0.15) is 0 Å². The van der Waals surface area contributed by atoms with Crippen LogP contribution in [-0.2, 0) is 5.75 Å². The van der Waals surface area contributed by atoms with Crippen molar-refractivity contribution < 1.29 is 8.83 Å². The van der Waals surface area contributed by atoms with Crippen molar-refractivity contribution in [2.24, 2.45) is 0 Å². The molecule has 0 radical (unpaired) electrons. The van der Waals surface area contributed by atoms with Gasteiger partial charge in [-0.25, -0.2) is 9.97 Å². The maximum atomic E-state index is 5.68. The molecule has 3 rings (SSSR count). The molecule has 1 aromatic carbocycles. The zero-order valence-electron chi connectivity index (χ0n) is 9.71. The molecule has 0 atom stereocenters. The third kappa shape index (κ3) is 2.19. The summed E-state index contributed by atoms with van der Waals surface area (Å²) in [6.07, 6.45) is 1.62. The summed E-state index contributed by atoms with van der Waals surface area (Å²) < 4.78 is 10.8. The van der Waals surface area contributed by atoms with Crippen LogP contribution in [0.2, 0.25) is 0 Å². The summed E-state index contributed by atoms with van der Waals surface area (Å²) in [7, 11) is 0. The zero-order valence-corrected chi connectivity index (χ0v) is 10.5. The van der Waals surface area contributed by atoms with Crippen LogP contribution in [0.3, 0.4) is 0 Å². The molecule has 5 nitrogen and oxygen atoms in total. The molecule has 0 saturated carbocycles. The van der Waals surface area contributed by atoms with E-state index in [9.17, 15) is 0 Å². The average Bonchev–Trinajstić information content (AvgIpc) is 2.92. The van der Waals surface area contributed by atoms with Gasteiger partial charge in [0.05, 0.1) is 11.4 Å². The molecule has 0 aliphatic heterocycles. The van der Waals surface area contributed by atoms with Gasteiger partial charge in [-0.15, -0.1) is 0 Å². The first-order chi connectivity index (χ1) is 8.70. The van der Waals surface area contributed by atoms with E-state index in [0.717, 1.165) is 11.2 Å². The Morgan fingerprint density at radius 1 is 1.33 bits per heavy atom. The van der Waals surface area contributed by atoms with Crippen molar-refractivity contribution in [3.8, 4) is 0 Å². The molecule has 0 spiro atoms. The lowest BCUT2D eigenvalue weighted by atomic mass is 10.3. The number of benzene rings is 1. The number of oxazole rings is 2. The highest BCUT2D eigenvalue weighted by Gasteiger charge is 2.08. The Morgan fingerprint density at radius 2 is 2.22 bits per heavy atom. The van der Waals surface area contributed by atoms with Crippen LogP contribution in [0.4, 0.5) is 5.69 Å². The molecular weight excluding hydrogens is 250 g/mol. The third-order valence-electron chi connectivity index (χ3n) is 2.37. The molecule has 0 fully saturated rings. The largest absolute Gasteiger partial charge is 0.440 e. The molecule has 0 aliphatic carbocycles. The van der Waals surface area contributed by atoms with Crippen molar-refractivity contribution in [3.63, 3.8) is 0 Å². The summed E-state index contributed by atoms with van der Waals surface area (Å²) in [6.45, 7) is 1.88. The van der Waals surface area contributed by atoms with Crippen molar-refractivity contribution in [2.45, 2.75) is 17.9 Å². The zero-order chi connectivity index (χ0) is 12.5. The molecule has 0 saturated heterocycles. The van der Waals surface area contributed by atoms with Gasteiger partial charge in [-0.3, -0.25) is 0 Å². The van der Waals surface area contributed by atoms with Gasteiger partial charge in [0.15, 0.2) is 5.58 Å². The monoisotopic (exact) mass is 261 g/mol. The van der Waals surface area contributed by atoms with Gasteiger partial charge in [0.2, 0.25) is 5.89 Å². The number of aryl methyl sites for hydroxylation is 1. The number of fused-ring (bicyclic) bond motifs is 1. The molecule has 2 aromatic heterocycles. The molecule has 92 valence electrons. The van der Waals surface area contributed by atoms with Crippen LogP contribution in [0.15, 0.2) is 38.5 Å². The molecular formula is C12H11N3O2S. The van der Waals surface area contributed by atoms with E-state index in [2.05, 4.69) is 9.97 Å². The van der Waals surface area contributed by atoms with E-state index in [1.54, 1.807) is 18.4 Å². The van der Waals surface area contributed by atoms with Crippen LogP contribution >= 0.6 is 11.8 Å². The van der Waals surface area contributed by atoms with Crippen molar-refractivity contribution >= 4 is 28.5 Å². The first kappa shape index (κ1) is 11.2. The van der Waals surface area contributed by atoms with E-state index in [0.29, 0.717) is 28.1 Å². The van der Waals surface area contributed by atoms with Crippen LogP contribution < -0.4 is 5.73 Å². The number of nitrogen functional groups attached to an aromatic ring is 1. The van der Waals surface area contributed by atoms with Crippen molar-refractivity contribution in [1.82, 2.24) is 9.97 Å². The summed E-state index contributed by atoms with van der Waals surface area (Å²) in [5, 5.41) is 0.620. The van der Waals surface area contributed by atoms with E-state index in [-0.39, 0.29) is 0 Å². The van der Waals surface area contributed by atoms with Crippen LogP contribution in [0, 0.1) is 6.92 Å². The Labute approximate surface area is 107 Å². The third-order valence-corrected chi connectivity index (χ3v) is 3.20. The predicted octanol–water partition coefficient (Wildman–Crippen LogP) is 3.00. The van der Waals surface area contributed by atoms with Crippen LogP contribution in [0.1, 0.15) is 11.6 Å². The number of nitrogens with two attached hydrogens (primary N) is 1. The second kappa shape index (κ2) is 4.38. The summed E-state index contributed by atoms with van der Waals surface area (Å²) in [5.41, 5.74) is 8.73. The van der Waals surface area contributed by atoms with Crippen LogP contribution in [-0.4, -0.2) is 9.97 Å². The van der Waals surface area contributed by atoms with Gasteiger partial charge in [0, 0.05) is 11.8 Å². The number of thioether (sulfide) groups is 1. The maximum Gasteiger partial charge on any atom is 0.256 e. The minimum Gasteiger partial charge on any atom is -0.440 e. The fourth-order valence-electron chi connectivity index (χ4n) is 1.57. The Morgan fingerprint density at radius 3 is 3.00 bits per heavy atom. The Bertz CT molecular complexity index is 690. The minimum absolute atomic E-state index is 0.578.